The smallest absolute Gasteiger partial charge is 0.335 e. The fourth-order valence-corrected chi connectivity index (χ4v) is 1.67. The van der Waals surface area contributed by atoms with Crippen LogP contribution in [0.1, 0.15) is 24.2 Å². The van der Waals surface area contributed by atoms with Gasteiger partial charge in [0, 0.05) is 0 Å². The van der Waals surface area contributed by atoms with E-state index in [0.717, 1.165) is 0 Å². The molecule has 0 saturated carbocycles. The summed E-state index contributed by atoms with van der Waals surface area (Å²) in [7, 11) is -4.00. The number of carbonyl (C=O) groups is 1. The number of hydrogen-bond donors (Lipinski definition) is 4. The van der Waals surface area contributed by atoms with Gasteiger partial charge in [0.15, 0.2) is 0 Å². The molecule has 0 amide bonds. The molecule has 138 valence electrons. The number of aromatic carboxylic acids is 1. The van der Waals surface area contributed by atoms with Crippen molar-refractivity contribution in [1.29, 1.82) is 0 Å². The highest BCUT2D eigenvalue weighted by atomic mass is 32.2. The summed E-state index contributed by atoms with van der Waals surface area (Å²) >= 11 is 0. The first-order valence-corrected chi connectivity index (χ1v) is 8.66. The molecule has 0 aliphatic rings. The second-order valence-electron chi connectivity index (χ2n) is 4.94. The summed E-state index contributed by atoms with van der Waals surface area (Å²) < 4.78 is 29.2. The molecule has 2 rings (SSSR count). The summed E-state index contributed by atoms with van der Waals surface area (Å²) in [6.45, 7) is 3.09. The van der Waals surface area contributed by atoms with Gasteiger partial charge < -0.3 is 15.3 Å². The quantitative estimate of drug-likeness (QED) is 0.608. The molecule has 0 fully saturated rings. The number of hydrogen-bond acceptors (Lipinski definition) is 5. The summed E-state index contributed by atoms with van der Waals surface area (Å²) in [6, 6.07) is 15.7. The first kappa shape index (κ1) is 22.7. The van der Waals surface area contributed by atoms with Crippen LogP contribution in [0.15, 0.2) is 65.6 Å². The second kappa shape index (κ2) is 11.3. The highest BCUT2D eigenvalue weighted by Gasteiger charge is 2.05. The lowest BCUT2D eigenvalue weighted by Gasteiger charge is -2.03. The van der Waals surface area contributed by atoms with Gasteiger partial charge in [0.1, 0.15) is 0 Å². The Morgan fingerprint density at radius 2 is 1.20 bits per heavy atom. The zero-order valence-electron chi connectivity index (χ0n) is 13.9. The Bertz CT molecular complexity index is 705. The van der Waals surface area contributed by atoms with Crippen molar-refractivity contribution in [3.05, 3.63) is 66.2 Å². The topological polar surface area (TPSA) is 132 Å². The number of rotatable bonds is 3. The van der Waals surface area contributed by atoms with E-state index in [1.807, 2.05) is 0 Å². The lowest BCUT2D eigenvalue weighted by Crippen LogP contribution is -2.17. The molecule has 0 aliphatic heterocycles. The van der Waals surface area contributed by atoms with Crippen LogP contribution in [-0.4, -0.2) is 46.5 Å². The summed E-state index contributed by atoms with van der Waals surface area (Å²) in [4.78, 5) is 10.1. The third kappa shape index (κ3) is 11.0. The molecule has 25 heavy (non-hydrogen) atoms. The number of carboxylic acids is 1. The normalized spacial score (nSPS) is 12.5. The predicted molar refractivity (Wildman–Crippen MR) is 93.0 cm³/mol. The van der Waals surface area contributed by atoms with E-state index in [2.05, 4.69) is 0 Å². The van der Waals surface area contributed by atoms with Crippen molar-refractivity contribution < 1.29 is 33.1 Å². The van der Waals surface area contributed by atoms with Gasteiger partial charge in [0.25, 0.3) is 10.1 Å². The van der Waals surface area contributed by atoms with Gasteiger partial charge in [-0.15, -0.1) is 0 Å². The highest BCUT2D eigenvalue weighted by molar-refractivity contribution is 7.85. The zero-order valence-corrected chi connectivity index (χ0v) is 14.7. The second-order valence-corrected chi connectivity index (χ2v) is 6.36. The average Bonchev–Trinajstić information content (AvgIpc) is 2.57. The highest BCUT2D eigenvalue weighted by Crippen LogP contribution is 2.05. The van der Waals surface area contributed by atoms with E-state index in [9.17, 15) is 13.2 Å². The van der Waals surface area contributed by atoms with Gasteiger partial charge in [0.2, 0.25) is 0 Å². The summed E-state index contributed by atoms with van der Waals surface area (Å²) in [5, 5.41) is 25.1. The maximum absolute atomic E-state index is 10.4. The van der Waals surface area contributed by atoms with Crippen LogP contribution < -0.4 is 0 Å². The summed E-state index contributed by atoms with van der Waals surface area (Å²) in [6.07, 6.45) is -1.19. The molecule has 2 unspecified atom stereocenters. The molecule has 2 aromatic rings. The van der Waals surface area contributed by atoms with E-state index in [0.29, 0.717) is 5.56 Å². The van der Waals surface area contributed by atoms with Crippen molar-refractivity contribution in [3.63, 3.8) is 0 Å². The van der Waals surface area contributed by atoms with Gasteiger partial charge in [-0.2, -0.15) is 8.42 Å². The van der Waals surface area contributed by atoms with Crippen LogP contribution in [0, 0.1) is 0 Å². The van der Waals surface area contributed by atoms with Crippen LogP contribution in [0.3, 0.4) is 0 Å². The largest absolute Gasteiger partial charge is 0.478 e. The fraction of sp³-hybridized carbons (Fsp3) is 0.235. The molecule has 0 aliphatic carbocycles. The van der Waals surface area contributed by atoms with Crippen molar-refractivity contribution in [2.45, 2.75) is 31.0 Å². The molecular formula is C17H22O7S. The zero-order chi connectivity index (χ0) is 19.5. The van der Waals surface area contributed by atoms with Gasteiger partial charge in [-0.3, -0.25) is 4.55 Å². The van der Waals surface area contributed by atoms with Gasteiger partial charge in [0.05, 0.1) is 22.7 Å². The molecule has 2 aromatic carbocycles. The molecule has 0 saturated heterocycles. The molecule has 8 heteroatoms. The summed E-state index contributed by atoms with van der Waals surface area (Å²) in [5.41, 5.74) is 0.331. The first-order chi connectivity index (χ1) is 11.6. The van der Waals surface area contributed by atoms with E-state index < -0.39 is 28.3 Å². The molecule has 0 bridgehead atoms. The van der Waals surface area contributed by atoms with Crippen molar-refractivity contribution in [3.8, 4) is 0 Å². The predicted octanol–water partition coefficient (Wildman–Crippen LogP) is 2.07. The molecule has 0 spiro atoms. The van der Waals surface area contributed by atoms with Crippen LogP contribution in [0.25, 0.3) is 0 Å². The average molecular weight is 370 g/mol. The standard InChI is InChI=1S/C7H6O2.C6H6O3S.C4H10O2/c8-7(9)6-4-2-1-3-5-6;7-10(8,9)6-4-2-1-3-5-6;1-3(5)4(2)6/h1-5H,(H,8,9);1-5H,(H,7,8,9);3-6H,1-2H3. The Kier molecular flexibility index (Phi) is 10.3. The lowest BCUT2D eigenvalue weighted by atomic mass is 10.2. The Labute approximate surface area is 146 Å². The van der Waals surface area contributed by atoms with Gasteiger partial charge in [-0.25, -0.2) is 4.79 Å². The minimum atomic E-state index is -4.00. The Morgan fingerprint density at radius 3 is 1.40 bits per heavy atom. The van der Waals surface area contributed by atoms with E-state index in [4.69, 9.17) is 19.9 Å². The van der Waals surface area contributed by atoms with Gasteiger partial charge in [-0.05, 0) is 38.1 Å². The van der Waals surface area contributed by atoms with Crippen molar-refractivity contribution in [1.82, 2.24) is 0 Å². The minimum Gasteiger partial charge on any atom is -0.478 e. The van der Waals surface area contributed by atoms with Crippen LogP contribution >= 0.6 is 0 Å². The lowest BCUT2D eigenvalue weighted by molar-refractivity contribution is 0.0438. The third-order valence-corrected chi connectivity index (χ3v) is 3.63. The molecule has 7 nitrogen and oxygen atoms in total. The van der Waals surface area contributed by atoms with Gasteiger partial charge in [-0.1, -0.05) is 36.4 Å². The van der Waals surface area contributed by atoms with Crippen LogP contribution in [0.4, 0.5) is 0 Å². The van der Waals surface area contributed by atoms with E-state index in [1.165, 1.54) is 12.1 Å². The Balaban J connectivity index is 0.000000358. The van der Waals surface area contributed by atoms with Crippen molar-refractivity contribution in [2.24, 2.45) is 0 Å². The molecule has 4 N–H and O–H groups in total. The molecule has 0 radical (unpaired) electrons. The maximum Gasteiger partial charge on any atom is 0.335 e. The minimum absolute atomic E-state index is 0.0741. The Morgan fingerprint density at radius 1 is 0.840 bits per heavy atom. The number of aliphatic hydroxyl groups excluding tert-OH is 2. The number of carboxylic acid groups (broad SMARTS) is 1. The van der Waals surface area contributed by atoms with E-state index in [1.54, 1.807) is 62.4 Å². The summed E-state index contributed by atoms with van der Waals surface area (Å²) in [5.74, 6) is -0.879. The fourth-order valence-electron chi connectivity index (χ4n) is 1.17. The Hall–Kier alpha value is -2.26. The number of benzene rings is 2. The molecule has 0 aromatic heterocycles. The van der Waals surface area contributed by atoms with E-state index >= 15 is 0 Å². The van der Waals surface area contributed by atoms with Crippen molar-refractivity contribution >= 4 is 16.1 Å². The first-order valence-electron chi connectivity index (χ1n) is 7.22. The molecule has 0 heterocycles. The monoisotopic (exact) mass is 370 g/mol. The third-order valence-electron chi connectivity index (χ3n) is 2.76. The van der Waals surface area contributed by atoms with Gasteiger partial charge >= 0.3 is 5.97 Å². The maximum atomic E-state index is 10.4. The SMILES string of the molecule is CC(O)C(C)O.O=C(O)c1ccccc1.O=S(=O)(O)c1ccccc1. The van der Waals surface area contributed by atoms with E-state index in [-0.39, 0.29) is 4.90 Å². The molecular weight excluding hydrogens is 348 g/mol. The number of aliphatic hydroxyl groups is 2. The molecule has 2 atom stereocenters. The van der Waals surface area contributed by atoms with Crippen LogP contribution in [0.2, 0.25) is 0 Å². The van der Waals surface area contributed by atoms with Crippen LogP contribution in [0.5, 0.6) is 0 Å². The van der Waals surface area contributed by atoms with Crippen molar-refractivity contribution in [2.75, 3.05) is 0 Å². The van der Waals surface area contributed by atoms with Crippen LogP contribution in [-0.2, 0) is 10.1 Å².